The van der Waals surface area contributed by atoms with Gasteiger partial charge in [0.25, 0.3) is 0 Å². The zero-order chi connectivity index (χ0) is 22.6. The van der Waals surface area contributed by atoms with Crippen molar-refractivity contribution < 1.29 is 13.5 Å². The summed E-state index contributed by atoms with van der Waals surface area (Å²) in [7, 11) is 1.41. The number of halogens is 2. The van der Waals surface area contributed by atoms with Gasteiger partial charge in [-0.15, -0.1) is 0 Å². The third-order valence-electron chi connectivity index (χ3n) is 8.61. The summed E-state index contributed by atoms with van der Waals surface area (Å²) in [5, 5.41) is 3.72. The van der Waals surface area contributed by atoms with E-state index < -0.39 is 11.6 Å². The number of rotatable bonds is 6. The van der Waals surface area contributed by atoms with Gasteiger partial charge in [-0.05, 0) is 68.1 Å². The lowest BCUT2D eigenvalue weighted by atomic mass is 9.49. The van der Waals surface area contributed by atoms with Crippen LogP contribution in [0.3, 0.4) is 0 Å². The van der Waals surface area contributed by atoms with Crippen LogP contribution < -0.4 is 10.1 Å². The Morgan fingerprint density at radius 2 is 1.73 bits per heavy atom. The molecule has 4 saturated carbocycles. The van der Waals surface area contributed by atoms with Gasteiger partial charge in [0, 0.05) is 49.4 Å². The first-order valence-corrected chi connectivity index (χ1v) is 12.3. The monoisotopic (exact) mass is 454 g/mol. The molecule has 4 fully saturated rings. The van der Waals surface area contributed by atoms with Crippen molar-refractivity contribution in [2.75, 3.05) is 25.5 Å². The van der Waals surface area contributed by atoms with Gasteiger partial charge in [0.05, 0.1) is 12.8 Å². The van der Waals surface area contributed by atoms with Crippen LogP contribution in [0.25, 0.3) is 0 Å². The van der Waals surface area contributed by atoms with Crippen LogP contribution in [0.2, 0.25) is 0 Å². The molecule has 7 heteroatoms. The van der Waals surface area contributed by atoms with Gasteiger partial charge in [-0.1, -0.05) is 0 Å². The third kappa shape index (κ3) is 3.98. The van der Waals surface area contributed by atoms with Crippen molar-refractivity contribution in [1.82, 2.24) is 14.9 Å². The molecule has 5 nitrogen and oxygen atoms in total. The maximum atomic E-state index is 14.4. The van der Waals surface area contributed by atoms with E-state index in [9.17, 15) is 8.78 Å². The molecular formula is C26H32F2N4O. The first-order valence-electron chi connectivity index (χ1n) is 12.3. The van der Waals surface area contributed by atoms with Crippen LogP contribution in [0.1, 0.15) is 55.3 Å². The normalized spacial score (nSPS) is 30.3. The van der Waals surface area contributed by atoms with Crippen LogP contribution in [-0.2, 0) is 19.5 Å². The largest absolute Gasteiger partial charge is 0.497 e. The van der Waals surface area contributed by atoms with Crippen molar-refractivity contribution >= 4 is 5.82 Å². The molecule has 0 unspecified atom stereocenters. The molecule has 0 amide bonds. The van der Waals surface area contributed by atoms with Crippen LogP contribution in [-0.4, -0.2) is 35.1 Å². The number of fused-ring (bicyclic) bond motifs is 1. The Balaban J connectivity index is 1.15. The van der Waals surface area contributed by atoms with E-state index in [2.05, 4.69) is 15.3 Å². The van der Waals surface area contributed by atoms with Crippen molar-refractivity contribution in [1.29, 1.82) is 0 Å². The molecule has 2 heterocycles. The predicted octanol–water partition coefficient (Wildman–Crippen LogP) is 4.95. The number of nitrogens with one attached hydrogen (secondary N) is 1. The van der Waals surface area contributed by atoms with Gasteiger partial charge in [-0.25, -0.2) is 18.7 Å². The Morgan fingerprint density at radius 1 is 1.06 bits per heavy atom. The van der Waals surface area contributed by atoms with Crippen molar-refractivity contribution in [3.05, 3.63) is 46.9 Å². The molecule has 4 aliphatic carbocycles. The zero-order valence-electron chi connectivity index (χ0n) is 19.2. The Kier molecular flexibility index (Phi) is 5.28. The fourth-order valence-corrected chi connectivity index (χ4v) is 7.55. The van der Waals surface area contributed by atoms with E-state index in [0.29, 0.717) is 12.0 Å². The Bertz CT molecular complexity index is 1000. The molecule has 1 aromatic carbocycles. The first-order chi connectivity index (χ1) is 16.0. The lowest BCUT2D eigenvalue weighted by Crippen LogP contribution is -2.49. The van der Waals surface area contributed by atoms with Gasteiger partial charge >= 0.3 is 0 Å². The van der Waals surface area contributed by atoms with Crippen LogP contribution >= 0.6 is 0 Å². The third-order valence-corrected chi connectivity index (χ3v) is 8.61. The average Bonchev–Trinajstić information content (AvgIpc) is 2.79. The summed E-state index contributed by atoms with van der Waals surface area (Å²) < 4.78 is 33.8. The van der Waals surface area contributed by atoms with Crippen molar-refractivity contribution in [2.24, 2.45) is 23.2 Å². The van der Waals surface area contributed by atoms with E-state index >= 15 is 0 Å². The Morgan fingerprint density at radius 3 is 2.36 bits per heavy atom. The van der Waals surface area contributed by atoms with Crippen LogP contribution in [0, 0.1) is 34.8 Å². The summed E-state index contributed by atoms with van der Waals surface area (Å²) in [5.41, 5.74) is 2.64. The maximum absolute atomic E-state index is 14.4. The molecule has 4 bridgehead atoms. The van der Waals surface area contributed by atoms with Gasteiger partial charge < -0.3 is 10.1 Å². The molecule has 2 aromatic rings. The molecule has 5 aliphatic rings. The smallest absolute Gasteiger partial charge is 0.134 e. The molecule has 7 rings (SSSR count). The summed E-state index contributed by atoms with van der Waals surface area (Å²) in [4.78, 5) is 11.2. The van der Waals surface area contributed by atoms with E-state index in [4.69, 9.17) is 4.74 Å². The van der Waals surface area contributed by atoms with Crippen molar-refractivity contribution in [3.63, 3.8) is 0 Å². The van der Waals surface area contributed by atoms with Crippen molar-refractivity contribution in [3.8, 4) is 5.75 Å². The molecule has 1 N–H and O–H groups in total. The highest BCUT2D eigenvalue weighted by Crippen LogP contribution is 2.59. The minimum absolute atomic E-state index is 0.0773. The Labute approximate surface area is 193 Å². The second kappa shape index (κ2) is 8.19. The van der Waals surface area contributed by atoms with Gasteiger partial charge in [0.1, 0.15) is 29.5 Å². The second-order valence-corrected chi connectivity index (χ2v) is 10.9. The minimum atomic E-state index is -0.571. The summed E-state index contributed by atoms with van der Waals surface area (Å²) in [6.45, 7) is 2.50. The average molecular weight is 455 g/mol. The van der Waals surface area contributed by atoms with Gasteiger partial charge in [-0.3, -0.25) is 4.90 Å². The lowest BCUT2D eigenvalue weighted by molar-refractivity contribution is -0.0444. The molecule has 0 saturated heterocycles. The molecule has 0 spiro atoms. The first kappa shape index (κ1) is 21.3. The quantitative estimate of drug-likeness (QED) is 0.669. The number of hydrogen-bond donors (Lipinski definition) is 1. The van der Waals surface area contributed by atoms with Crippen molar-refractivity contribution in [2.45, 2.75) is 58.0 Å². The topological polar surface area (TPSA) is 50.3 Å². The maximum Gasteiger partial charge on any atom is 0.134 e. The molecule has 1 aliphatic heterocycles. The standard InChI is InChI=1S/C26H32F2N4O/c1-33-19-7-22(27)21(23(28)8-19)12-32-3-2-20-24(13-32)30-15-31-25(20)29-14-26-9-16-4-17(10-26)6-18(5-16)11-26/h7-8,15-18H,2-6,9-14H2,1H3,(H,29,30,31). The highest BCUT2D eigenvalue weighted by Gasteiger charge is 2.50. The van der Waals surface area contributed by atoms with Gasteiger partial charge in [-0.2, -0.15) is 0 Å². The molecule has 0 atom stereocenters. The molecular weight excluding hydrogens is 422 g/mol. The van der Waals surface area contributed by atoms with Gasteiger partial charge in [0.2, 0.25) is 0 Å². The van der Waals surface area contributed by atoms with Crippen LogP contribution in [0.5, 0.6) is 5.75 Å². The van der Waals surface area contributed by atoms with Gasteiger partial charge in [0.15, 0.2) is 0 Å². The lowest BCUT2D eigenvalue weighted by Gasteiger charge is -2.57. The highest BCUT2D eigenvalue weighted by atomic mass is 19.1. The SMILES string of the molecule is COc1cc(F)c(CN2CCc3c(ncnc3NCC34CC5CC(CC(C5)C3)C4)C2)c(F)c1. The molecule has 33 heavy (non-hydrogen) atoms. The fourth-order valence-electron chi connectivity index (χ4n) is 7.55. The highest BCUT2D eigenvalue weighted by molar-refractivity contribution is 5.47. The molecule has 176 valence electrons. The number of anilines is 1. The second-order valence-electron chi connectivity index (χ2n) is 10.9. The van der Waals surface area contributed by atoms with Crippen LogP contribution in [0.4, 0.5) is 14.6 Å². The van der Waals surface area contributed by atoms with E-state index in [1.54, 1.807) is 6.33 Å². The number of hydrogen-bond acceptors (Lipinski definition) is 5. The summed E-state index contributed by atoms with van der Waals surface area (Å²) >= 11 is 0. The van der Waals surface area contributed by atoms with Crippen LogP contribution in [0.15, 0.2) is 18.5 Å². The molecule has 1 aromatic heterocycles. The number of aromatic nitrogens is 2. The zero-order valence-corrected chi connectivity index (χ0v) is 19.2. The number of ether oxygens (including phenoxy) is 1. The summed E-state index contributed by atoms with van der Waals surface area (Å²) in [6.07, 6.45) is 10.9. The Hall–Kier alpha value is -2.28. The van der Waals surface area contributed by atoms with E-state index in [1.165, 1.54) is 57.8 Å². The molecule has 0 radical (unpaired) electrons. The fraction of sp³-hybridized carbons (Fsp3) is 0.615. The number of nitrogens with zero attached hydrogens (tertiary/aromatic N) is 3. The summed E-state index contributed by atoms with van der Waals surface area (Å²) in [5.74, 6) is 2.81. The van der Waals surface area contributed by atoms with E-state index in [-0.39, 0.29) is 17.9 Å². The van der Waals surface area contributed by atoms with E-state index in [0.717, 1.165) is 54.3 Å². The predicted molar refractivity (Wildman–Crippen MR) is 122 cm³/mol. The van der Waals surface area contributed by atoms with E-state index in [1.807, 2.05) is 4.90 Å². The number of methoxy groups -OCH3 is 1. The minimum Gasteiger partial charge on any atom is -0.497 e. The number of benzene rings is 1. The summed E-state index contributed by atoms with van der Waals surface area (Å²) in [6, 6.07) is 2.48.